The number of carbonyl (C=O) groups excluding carboxylic acids is 1. The Kier molecular flexibility index (Phi) is 7.89. The number of hydrogen-bond donors (Lipinski definition) is 2. The molecule has 0 unspecified atom stereocenters. The van der Waals surface area contributed by atoms with Gasteiger partial charge in [-0.1, -0.05) is 68.3 Å². The number of ether oxygens (including phenoxy) is 1. The molecule has 3 aromatic rings. The Morgan fingerprint density at radius 3 is 2.32 bits per heavy atom. The molecular formula is C26H29ClN2O4S. The minimum absolute atomic E-state index is 0.0594. The van der Waals surface area contributed by atoms with Crippen molar-refractivity contribution in [2.24, 2.45) is 0 Å². The van der Waals surface area contributed by atoms with E-state index in [1.807, 2.05) is 31.2 Å². The fourth-order valence-electron chi connectivity index (χ4n) is 3.33. The lowest BCUT2D eigenvalue weighted by atomic mass is 9.86. The molecule has 0 atom stereocenters. The first-order valence-corrected chi connectivity index (χ1v) is 12.7. The van der Waals surface area contributed by atoms with E-state index in [0.717, 1.165) is 16.9 Å². The second-order valence-electron chi connectivity index (χ2n) is 8.96. The molecule has 3 rings (SSSR count). The highest BCUT2D eigenvalue weighted by Crippen LogP contribution is 2.30. The molecule has 8 heteroatoms. The third kappa shape index (κ3) is 6.52. The summed E-state index contributed by atoms with van der Waals surface area (Å²) in [5.74, 6) is 0.415. The van der Waals surface area contributed by atoms with Gasteiger partial charge in [0.1, 0.15) is 12.4 Å². The second kappa shape index (κ2) is 10.5. The third-order valence-electron chi connectivity index (χ3n) is 5.14. The molecule has 0 saturated heterocycles. The molecule has 6 nitrogen and oxygen atoms in total. The summed E-state index contributed by atoms with van der Waals surface area (Å²) >= 11 is 6.27. The molecule has 2 N–H and O–H groups in total. The quantitative estimate of drug-likeness (QED) is 0.397. The average Bonchev–Trinajstić information content (AvgIpc) is 2.76. The predicted molar refractivity (Wildman–Crippen MR) is 136 cm³/mol. The van der Waals surface area contributed by atoms with Gasteiger partial charge in [-0.3, -0.25) is 9.52 Å². The van der Waals surface area contributed by atoms with Gasteiger partial charge in [0.15, 0.2) is 0 Å². The van der Waals surface area contributed by atoms with Crippen LogP contribution in [0.15, 0.2) is 71.6 Å². The minimum atomic E-state index is -3.76. The monoisotopic (exact) mass is 500 g/mol. The van der Waals surface area contributed by atoms with Gasteiger partial charge in [0, 0.05) is 0 Å². The number of nitrogens with one attached hydrogen (secondary N) is 2. The van der Waals surface area contributed by atoms with Gasteiger partial charge in [0.05, 0.1) is 27.7 Å². The minimum Gasteiger partial charge on any atom is -0.491 e. The molecule has 0 spiro atoms. The predicted octanol–water partition coefficient (Wildman–Crippen LogP) is 5.56. The Morgan fingerprint density at radius 1 is 1.00 bits per heavy atom. The molecule has 180 valence electrons. The Morgan fingerprint density at radius 2 is 1.68 bits per heavy atom. The van der Waals surface area contributed by atoms with E-state index in [0.29, 0.717) is 6.61 Å². The Bertz CT molecular complexity index is 1270. The molecule has 0 aromatic heterocycles. The molecule has 0 bridgehead atoms. The lowest BCUT2D eigenvalue weighted by Gasteiger charge is -2.22. The SMILES string of the molecule is Cc1ccc(S(=O)(=O)Nc2ccc(C(=O)NCCOc3ccccc3C(C)(C)C)c(Cl)c2)cc1. The van der Waals surface area contributed by atoms with E-state index < -0.39 is 10.0 Å². The van der Waals surface area contributed by atoms with Gasteiger partial charge < -0.3 is 10.1 Å². The summed E-state index contributed by atoms with van der Waals surface area (Å²) in [4.78, 5) is 12.7. The van der Waals surface area contributed by atoms with Crippen molar-refractivity contribution in [1.82, 2.24) is 5.32 Å². The normalized spacial score (nSPS) is 11.7. The highest BCUT2D eigenvalue weighted by Gasteiger charge is 2.19. The van der Waals surface area contributed by atoms with Crippen LogP contribution in [-0.2, 0) is 15.4 Å². The van der Waals surface area contributed by atoms with Crippen molar-refractivity contribution in [3.63, 3.8) is 0 Å². The van der Waals surface area contributed by atoms with Crippen molar-refractivity contribution in [3.05, 3.63) is 88.4 Å². The van der Waals surface area contributed by atoms with Crippen LogP contribution in [0.3, 0.4) is 0 Å². The van der Waals surface area contributed by atoms with Crippen LogP contribution in [0.25, 0.3) is 0 Å². The number of sulfonamides is 1. The maximum absolute atomic E-state index is 12.6. The molecule has 0 aliphatic heterocycles. The first kappa shape index (κ1) is 25.6. The zero-order valence-corrected chi connectivity index (χ0v) is 21.3. The Hall–Kier alpha value is -3.03. The van der Waals surface area contributed by atoms with Gasteiger partial charge in [0.2, 0.25) is 0 Å². The van der Waals surface area contributed by atoms with Crippen LogP contribution in [0.5, 0.6) is 5.75 Å². The van der Waals surface area contributed by atoms with Gasteiger partial charge in [0.25, 0.3) is 15.9 Å². The molecule has 3 aromatic carbocycles. The number of anilines is 1. The molecule has 0 aliphatic rings. The van der Waals surface area contributed by atoms with Crippen LogP contribution in [0.2, 0.25) is 5.02 Å². The summed E-state index contributed by atoms with van der Waals surface area (Å²) in [7, 11) is -3.76. The van der Waals surface area contributed by atoms with E-state index in [1.54, 1.807) is 12.1 Å². The molecule has 0 radical (unpaired) electrons. The highest BCUT2D eigenvalue weighted by molar-refractivity contribution is 7.92. The highest BCUT2D eigenvalue weighted by atomic mass is 35.5. The van der Waals surface area contributed by atoms with E-state index in [-0.39, 0.29) is 39.0 Å². The summed E-state index contributed by atoms with van der Waals surface area (Å²) in [6.45, 7) is 8.81. The van der Waals surface area contributed by atoms with Crippen molar-refractivity contribution < 1.29 is 17.9 Å². The molecule has 0 heterocycles. The van der Waals surface area contributed by atoms with Crippen LogP contribution in [0.4, 0.5) is 5.69 Å². The zero-order chi connectivity index (χ0) is 24.9. The molecular weight excluding hydrogens is 472 g/mol. The van der Waals surface area contributed by atoms with E-state index in [2.05, 4.69) is 30.8 Å². The fraction of sp³-hybridized carbons (Fsp3) is 0.269. The van der Waals surface area contributed by atoms with Crippen molar-refractivity contribution in [2.75, 3.05) is 17.9 Å². The van der Waals surface area contributed by atoms with Crippen molar-refractivity contribution >= 4 is 33.2 Å². The van der Waals surface area contributed by atoms with E-state index in [4.69, 9.17) is 16.3 Å². The summed E-state index contributed by atoms with van der Waals surface area (Å²) in [5.41, 5.74) is 2.50. The second-order valence-corrected chi connectivity index (χ2v) is 11.1. The fourth-order valence-corrected chi connectivity index (χ4v) is 4.64. The summed E-state index contributed by atoms with van der Waals surface area (Å²) in [5, 5.41) is 2.92. The largest absolute Gasteiger partial charge is 0.491 e. The van der Waals surface area contributed by atoms with Crippen molar-refractivity contribution in [3.8, 4) is 5.75 Å². The lowest BCUT2D eigenvalue weighted by Crippen LogP contribution is -2.28. The first-order chi connectivity index (χ1) is 16.0. The van der Waals surface area contributed by atoms with Crippen molar-refractivity contribution in [1.29, 1.82) is 0 Å². The molecule has 0 aliphatic carbocycles. The lowest BCUT2D eigenvalue weighted by molar-refractivity contribution is 0.0947. The van der Waals surface area contributed by atoms with Gasteiger partial charge >= 0.3 is 0 Å². The molecule has 0 fully saturated rings. The van der Waals surface area contributed by atoms with Gasteiger partial charge in [-0.15, -0.1) is 0 Å². The number of benzene rings is 3. The standard InChI is InChI=1S/C26H29ClN2O4S/c1-18-9-12-20(13-10-18)34(31,32)29-19-11-14-21(23(27)17-19)25(30)28-15-16-33-24-8-6-5-7-22(24)26(2,3)4/h5-14,17,29H,15-16H2,1-4H3,(H,28,30). The number of carbonyl (C=O) groups is 1. The van der Waals surface area contributed by atoms with Crippen LogP contribution in [0, 0.1) is 6.92 Å². The maximum Gasteiger partial charge on any atom is 0.261 e. The topological polar surface area (TPSA) is 84.5 Å². The number of amides is 1. The molecule has 0 saturated carbocycles. The van der Waals surface area contributed by atoms with Crippen LogP contribution < -0.4 is 14.8 Å². The third-order valence-corrected chi connectivity index (χ3v) is 6.85. The van der Waals surface area contributed by atoms with E-state index >= 15 is 0 Å². The summed E-state index contributed by atoms with van der Waals surface area (Å²) in [6, 6.07) is 18.7. The summed E-state index contributed by atoms with van der Waals surface area (Å²) < 4.78 is 33.5. The van der Waals surface area contributed by atoms with Crippen LogP contribution in [0.1, 0.15) is 42.3 Å². The average molecular weight is 501 g/mol. The first-order valence-electron chi connectivity index (χ1n) is 10.9. The Balaban J connectivity index is 1.59. The zero-order valence-electron chi connectivity index (χ0n) is 19.7. The number of hydrogen-bond acceptors (Lipinski definition) is 4. The summed E-state index contributed by atoms with van der Waals surface area (Å²) in [6.07, 6.45) is 0. The van der Waals surface area contributed by atoms with Crippen LogP contribution in [-0.4, -0.2) is 27.5 Å². The van der Waals surface area contributed by atoms with Gasteiger partial charge in [-0.25, -0.2) is 8.42 Å². The molecule has 1 amide bonds. The van der Waals surface area contributed by atoms with Crippen LogP contribution >= 0.6 is 11.6 Å². The number of para-hydroxylation sites is 1. The number of aryl methyl sites for hydroxylation is 1. The van der Waals surface area contributed by atoms with E-state index in [1.165, 1.54) is 30.3 Å². The smallest absolute Gasteiger partial charge is 0.261 e. The molecule has 34 heavy (non-hydrogen) atoms. The van der Waals surface area contributed by atoms with Gasteiger partial charge in [-0.2, -0.15) is 0 Å². The maximum atomic E-state index is 12.6. The van der Waals surface area contributed by atoms with Gasteiger partial charge in [-0.05, 0) is 54.3 Å². The van der Waals surface area contributed by atoms with E-state index in [9.17, 15) is 13.2 Å². The number of halogens is 1. The number of rotatable bonds is 8. The van der Waals surface area contributed by atoms with Crippen molar-refractivity contribution in [2.45, 2.75) is 38.0 Å². The Labute approximate surface area is 206 Å².